The van der Waals surface area contributed by atoms with E-state index >= 15 is 0 Å². The van der Waals surface area contributed by atoms with Crippen LogP contribution < -0.4 is 10.6 Å². The molecule has 1 saturated heterocycles. The van der Waals surface area contributed by atoms with E-state index in [0.717, 1.165) is 24.9 Å². The number of hydrogen-bond donors (Lipinski definition) is 2. The van der Waals surface area contributed by atoms with Crippen LogP contribution in [-0.4, -0.2) is 31.3 Å². The maximum absolute atomic E-state index is 11.8. The zero-order chi connectivity index (χ0) is 11.0. The van der Waals surface area contributed by atoms with Gasteiger partial charge in [-0.05, 0) is 37.5 Å². The van der Waals surface area contributed by atoms with E-state index in [1.807, 2.05) is 0 Å². The summed E-state index contributed by atoms with van der Waals surface area (Å²) in [7, 11) is 0. The monoisotopic (exact) mass is 224 g/mol. The largest absolute Gasteiger partial charge is 0.379 e. The molecule has 4 nitrogen and oxygen atoms in total. The predicted molar refractivity (Wildman–Crippen MR) is 60.1 cm³/mol. The summed E-state index contributed by atoms with van der Waals surface area (Å²) < 4.78 is 5.23. The first-order chi connectivity index (χ1) is 7.81. The van der Waals surface area contributed by atoms with E-state index in [2.05, 4.69) is 10.6 Å². The molecule has 2 saturated carbocycles. The van der Waals surface area contributed by atoms with Crippen LogP contribution in [-0.2, 0) is 4.74 Å². The quantitative estimate of drug-likeness (QED) is 0.742. The Morgan fingerprint density at radius 2 is 2.06 bits per heavy atom. The van der Waals surface area contributed by atoms with Crippen LogP contribution in [0.5, 0.6) is 0 Å². The summed E-state index contributed by atoms with van der Waals surface area (Å²) in [6.45, 7) is 1.45. The van der Waals surface area contributed by atoms with Gasteiger partial charge in [0, 0.05) is 12.6 Å². The standard InChI is InChI=1S/C12H20N2O2/c15-12(13-10-3-4-16-7-10)14-11-6-8-1-2-9(11)5-8/h8-11H,1-7H2,(H2,13,14,15). The smallest absolute Gasteiger partial charge is 0.315 e. The molecular formula is C12H20N2O2. The molecular weight excluding hydrogens is 204 g/mol. The highest BCUT2D eigenvalue weighted by atomic mass is 16.5. The number of carbonyl (C=O) groups is 1. The summed E-state index contributed by atoms with van der Waals surface area (Å²) in [4.78, 5) is 11.8. The SMILES string of the molecule is O=C(NC1CCOC1)NC1CC2CCC1C2. The molecule has 0 aromatic carbocycles. The second kappa shape index (κ2) is 4.24. The summed E-state index contributed by atoms with van der Waals surface area (Å²) >= 11 is 0. The minimum atomic E-state index is 0.00745. The van der Waals surface area contributed by atoms with Gasteiger partial charge < -0.3 is 15.4 Å². The fourth-order valence-electron chi connectivity index (χ4n) is 3.47. The van der Waals surface area contributed by atoms with Gasteiger partial charge in [0.05, 0.1) is 12.6 Å². The number of hydrogen-bond acceptors (Lipinski definition) is 2. The summed E-state index contributed by atoms with van der Waals surface area (Å²) in [5, 5.41) is 6.12. The van der Waals surface area contributed by atoms with E-state index < -0.39 is 0 Å². The lowest BCUT2D eigenvalue weighted by atomic mass is 9.95. The van der Waals surface area contributed by atoms with Crippen LogP contribution in [0.4, 0.5) is 4.79 Å². The maximum atomic E-state index is 11.8. The average molecular weight is 224 g/mol. The lowest BCUT2D eigenvalue weighted by Crippen LogP contribution is -2.48. The zero-order valence-electron chi connectivity index (χ0n) is 9.58. The highest BCUT2D eigenvalue weighted by molar-refractivity contribution is 5.74. The van der Waals surface area contributed by atoms with Crippen molar-refractivity contribution in [2.24, 2.45) is 11.8 Å². The van der Waals surface area contributed by atoms with E-state index in [1.165, 1.54) is 25.7 Å². The molecule has 0 spiro atoms. The molecule has 16 heavy (non-hydrogen) atoms. The molecule has 2 bridgehead atoms. The van der Waals surface area contributed by atoms with Gasteiger partial charge in [0.25, 0.3) is 0 Å². The Kier molecular flexibility index (Phi) is 2.75. The Labute approximate surface area is 96.1 Å². The first kappa shape index (κ1) is 10.4. The van der Waals surface area contributed by atoms with Crippen molar-refractivity contribution >= 4 is 6.03 Å². The van der Waals surface area contributed by atoms with Gasteiger partial charge in [-0.25, -0.2) is 4.79 Å². The van der Waals surface area contributed by atoms with Gasteiger partial charge in [-0.1, -0.05) is 6.42 Å². The average Bonchev–Trinajstić information content (AvgIpc) is 2.92. The minimum Gasteiger partial charge on any atom is -0.379 e. The van der Waals surface area contributed by atoms with E-state index in [1.54, 1.807) is 0 Å². The molecule has 0 aromatic heterocycles. The molecule has 0 aromatic rings. The van der Waals surface area contributed by atoms with Gasteiger partial charge in [-0.3, -0.25) is 0 Å². The highest BCUT2D eigenvalue weighted by Crippen LogP contribution is 2.44. The van der Waals surface area contributed by atoms with E-state index in [4.69, 9.17) is 4.74 Å². The number of carbonyl (C=O) groups excluding carboxylic acids is 1. The summed E-state index contributed by atoms with van der Waals surface area (Å²) in [5.41, 5.74) is 0. The van der Waals surface area contributed by atoms with Gasteiger partial charge in [-0.2, -0.15) is 0 Å². The summed E-state index contributed by atoms with van der Waals surface area (Å²) in [6.07, 6.45) is 6.16. The molecule has 4 unspecified atom stereocenters. The lowest BCUT2D eigenvalue weighted by molar-refractivity contribution is 0.187. The minimum absolute atomic E-state index is 0.00745. The molecule has 4 heteroatoms. The van der Waals surface area contributed by atoms with Crippen molar-refractivity contribution in [1.82, 2.24) is 10.6 Å². The molecule has 2 aliphatic carbocycles. The van der Waals surface area contributed by atoms with Crippen LogP contribution >= 0.6 is 0 Å². The predicted octanol–water partition coefficient (Wildman–Crippen LogP) is 1.26. The molecule has 3 rings (SSSR count). The van der Waals surface area contributed by atoms with Crippen molar-refractivity contribution in [1.29, 1.82) is 0 Å². The Bertz CT molecular complexity index is 276. The number of fused-ring (bicyclic) bond motifs is 2. The van der Waals surface area contributed by atoms with Crippen LogP contribution in [0.2, 0.25) is 0 Å². The van der Waals surface area contributed by atoms with Crippen LogP contribution in [0.1, 0.15) is 32.1 Å². The van der Waals surface area contributed by atoms with Crippen LogP contribution in [0.3, 0.4) is 0 Å². The Balaban J connectivity index is 1.45. The van der Waals surface area contributed by atoms with Crippen LogP contribution in [0.25, 0.3) is 0 Å². The number of ether oxygens (including phenoxy) is 1. The number of rotatable bonds is 2. The van der Waals surface area contributed by atoms with Crippen molar-refractivity contribution in [2.75, 3.05) is 13.2 Å². The Morgan fingerprint density at radius 1 is 1.12 bits per heavy atom. The molecule has 3 fully saturated rings. The van der Waals surface area contributed by atoms with Crippen molar-refractivity contribution in [3.63, 3.8) is 0 Å². The normalized spacial score (nSPS) is 41.2. The topological polar surface area (TPSA) is 50.4 Å². The molecule has 1 aliphatic heterocycles. The fourth-order valence-corrected chi connectivity index (χ4v) is 3.47. The fraction of sp³-hybridized carbons (Fsp3) is 0.917. The lowest BCUT2D eigenvalue weighted by Gasteiger charge is -2.23. The van der Waals surface area contributed by atoms with Crippen molar-refractivity contribution in [2.45, 2.75) is 44.2 Å². The maximum Gasteiger partial charge on any atom is 0.315 e. The molecule has 1 heterocycles. The molecule has 0 radical (unpaired) electrons. The Morgan fingerprint density at radius 3 is 2.69 bits per heavy atom. The van der Waals surface area contributed by atoms with E-state index in [9.17, 15) is 4.79 Å². The van der Waals surface area contributed by atoms with Crippen LogP contribution in [0.15, 0.2) is 0 Å². The number of nitrogens with one attached hydrogen (secondary N) is 2. The molecule has 2 amide bonds. The van der Waals surface area contributed by atoms with Gasteiger partial charge in [0.15, 0.2) is 0 Å². The van der Waals surface area contributed by atoms with Gasteiger partial charge in [0.2, 0.25) is 0 Å². The van der Waals surface area contributed by atoms with E-state index in [0.29, 0.717) is 12.6 Å². The zero-order valence-corrected chi connectivity index (χ0v) is 9.58. The molecule has 4 atom stereocenters. The summed E-state index contributed by atoms with van der Waals surface area (Å²) in [6, 6.07) is 0.660. The van der Waals surface area contributed by atoms with Gasteiger partial charge in [-0.15, -0.1) is 0 Å². The second-order valence-corrected chi connectivity index (χ2v) is 5.46. The van der Waals surface area contributed by atoms with Crippen molar-refractivity contribution in [3.05, 3.63) is 0 Å². The number of amides is 2. The van der Waals surface area contributed by atoms with Crippen molar-refractivity contribution < 1.29 is 9.53 Å². The highest BCUT2D eigenvalue weighted by Gasteiger charge is 2.40. The third kappa shape index (κ3) is 2.03. The molecule has 3 aliphatic rings. The third-order valence-corrected chi connectivity index (χ3v) is 4.32. The van der Waals surface area contributed by atoms with Crippen LogP contribution in [0, 0.1) is 11.8 Å². The van der Waals surface area contributed by atoms with Crippen molar-refractivity contribution in [3.8, 4) is 0 Å². The molecule has 90 valence electrons. The summed E-state index contributed by atoms with van der Waals surface area (Å²) in [5.74, 6) is 1.63. The molecule has 2 N–H and O–H groups in total. The third-order valence-electron chi connectivity index (χ3n) is 4.32. The first-order valence-electron chi connectivity index (χ1n) is 6.46. The second-order valence-electron chi connectivity index (χ2n) is 5.46. The van der Waals surface area contributed by atoms with Gasteiger partial charge >= 0.3 is 6.03 Å². The first-order valence-corrected chi connectivity index (χ1v) is 6.46. The number of urea groups is 1. The van der Waals surface area contributed by atoms with Gasteiger partial charge in [0.1, 0.15) is 0 Å². The van der Waals surface area contributed by atoms with E-state index in [-0.39, 0.29) is 12.1 Å². The Hall–Kier alpha value is -0.770.